The summed E-state index contributed by atoms with van der Waals surface area (Å²) in [4.78, 5) is 24.1. The van der Waals surface area contributed by atoms with E-state index in [0.29, 0.717) is 18.0 Å². The van der Waals surface area contributed by atoms with E-state index in [-0.39, 0.29) is 29.9 Å². The number of methoxy groups -OCH3 is 1. The minimum absolute atomic E-state index is 0.0247. The number of benzene rings is 2. The van der Waals surface area contributed by atoms with Crippen molar-refractivity contribution >= 4 is 39.1 Å². The molecule has 2 amide bonds. The summed E-state index contributed by atoms with van der Waals surface area (Å²) in [6.45, 7) is 9.76. The number of nitrogens with one attached hydrogen (secondary N) is 3. The zero-order chi connectivity index (χ0) is 23.9. The molecule has 0 saturated carbocycles. The van der Waals surface area contributed by atoms with E-state index in [1.807, 2.05) is 65.0 Å². The second kappa shape index (κ2) is 11.2. The molecule has 0 spiro atoms. The topological polar surface area (TPSA) is 88.7 Å². The molecule has 3 N–H and O–H groups in total. The molecule has 0 heterocycles. The predicted molar refractivity (Wildman–Crippen MR) is 131 cm³/mol. The van der Waals surface area contributed by atoms with Gasteiger partial charge in [0.25, 0.3) is 5.91 Å². The van der Waals surface area contributed by atoms with E-state index in [0.717, 1.165) is 21.4 Å². The van der Waals surface area contributed by atoms with Gasteiger partial charge in [-0.15, -0.1) is 0 Å². The SMILES string of the molecule is COc1ccc(Br)c(CNc2ccc(NC(=O)C(C)C)cc2)c1OCC(=O)NC(C)(C)C. The summed E-state index contributed by atoms with van der Waals surface area (Å²) >= 11 is 3.57. The first-order valence-corrected chi connectivity index (χ1v) is 11.2. The van der Waals surface area contributed by atoms with Crippen LogP contribution in [0.3, 0.4) is 0 Å². The van der Waals surface area contributed by atoms with Gasteiger partial charge in [-0.05, 0) is 57.2 Å². The van der Waals surface area contributed by atoms with Crippen molar-refractivity contribution in [1.29, 1.82) is 0 Å². The highest BCUT2D eigenvalue weighted by Gasteiger charge is 2.18. The Balaban J connectivity index is 2.12. The third-order valence-electron chi connectivity index (χ3n) is 4.40. The molecule has 8 heteroatoms. The average molecular weight is 506 g/mol. The number of rotatable bonds is 9. The van der Waals surface area contributed by atoms with Gasteiger partial charge in [0.15, 0.2) is 18.1 Å². The van der Waals surface area contributed by atoms with E-state index < -0.39 is 0 Å². The van der Waals surface area contributed by atoms with Gasteiger partial charge in [-0.25, -0.2) is 0 Å². The van der Waals surface area contributed by atoms with Crippen molar-refractivity contribution in [2.24, 2.45) is 5.92 Å². The van der Waals surface area contributed by atoms with E-state index in [1.54, 1.807) is 13.2 Å². The summed E-state index contributed by atoms with van der Waals surface area (Å²) in [7, 11) is 1.56. The van der Waals surface area contributed by atoms with E-state index >= 15 is 0 Å². The summed E-state index contributed by atoms with van der Waals surface area (Å²) < 4.78 is 12.2. The quantitative estimate of drug-likeness (QED) is 0.448. The van der Waals surface area contributed by atoms with Crippen molar-refractivity contribution in [3.8, 4) is 11.5 Å². The van der Waals surface area contributed by atoms with E-state index in [2.05, 4.69) is 31.9 Å². The predicted octanol–water partition coefficient (Wildman–Crippen LogP) is 4.96. The number of hydrogen-bond acceptors (Lipinski definition) is 5. The van der Waals surface area contributed by atoms with Gasteiger partial charge in [0.2, 0.25) is 5.91 Å². The molecule has 0 bridgehead atoms. The lowest BCUT2D eigenvalue weighted by molar-refractivity contribution is -0.124. The molecule has 0 aliphatic rings. The maximum atomic E-state index is 12.2. The Hall–Kier alpha value is -2.74. The molecule has 174 valence electrons. The van der Waals surface area contributed by atoms with Crippen LogP contribution in [0.2, 0.25) is 0 Å². The van der Waals surface area contributed by atoms with Gasteiger partial charge in [0.05, 0.1) is 7.11 Å². The van der Waals surface area contributed by atoms with Crippen LogP contribution in [-0.4, -0.2) is 31.1 Å². The highest BCUT2D eigenvalue weighted by atomic mass is 79.9. The summed E-state index contributed by atoms with van der Waals surface area (Å²) in [6.07, 6.45) is 0. The number of amides is 2. The fraction of sp³-hybridized carbons (Fsp3) is 0.417. The second-order valence-corrected chi connectivity index (χ2v) is 9.57. The van der Waals surface area contributed by atoms with Crippen LogP contribution < -0.4 is 25.4 Å². The zero-order valence-corrected chi connectivity index (χ0v) is 21.1. The van der Waals surface area contributed by atoms with E-state index in [4.69, 9.17) is 9.47 Å². The Bertz CT molecular complexity index is 937. The fourth-order valence-electron chi connectivity index (χ4n) is 2.81. The van der Waals surface area contributed by atoms with Crippen LogP contribution >= 0.6 is 15.9 Å². The average Bonchev–Trinajstić information content (AvgIpc) is 2.71. The fourth-order valence-corrected chi connectivity index (χ4v) is 3.26. The van der Waals surface area contributed by atoms with Crippen LogP contribution in [0.1, 0.15) is 40.2 Å². The first-order valence-electron chi connectivity index (χ1n) is 10.4. The van der Waals surface area contributed by atoms with Gasteiger partial charge in [0, 0.05) is 39.4 Å². The first kappa shape index (κ1) is 25.5. The summed E-state index contributed by atoms with van der Waals surface area (Å²) in [5.41, 5.74) is 2.10. The Kier molecular flexibility index (Phi) is 8.95. The lowest BCUT2D eigenvalue weighted by Crippen LogP contribution is -2.43. The minimum atomic E-state index is -0.340. The van der Waals surface area contributed by atoms with Gasteiger partial charge >= 0.3 is 0 Å². The van der Waals surface area contributed by atoms with Crippen molar-refractivity contribution in [3.05, 3.63) is 46.4 Å². The minimum Gasteiger partial charge on any atom is -0.493 e. The Labute approximate surface area is 198 Å². The van der Waals surface area contributed by atoms with Crippen molar-refractivity contribution in [2.75, 3.05) is 24.4 Å². The molecule has 0 atom stereocenters. The van der Waals surface area contributed by atoms with Crippen molar-refractivity contribution < 1.29 is 19.1 Å². The Morgan fingerprint density at radius 3 is 2.22 bits per heavy atom. The third kappa shape index (κ3) is 7.75. The van der Waals surface area contributed by atoms with E-state index in [1.165, 1.54) is 0 Å². The summed E-state index contributed by atoms with van der Waals surface area (Å²) in [5, 5.41) is 9.10. The smallest absolute Gasteiger partial charge is 0.258 e. The maximum absolute atomic E-state index is 12.2. The Morgan fingerprint density at radius 2 is 1.66 bits per heavy atom. The number of halogens is 1. The van der Waals surface area contributed by atoms with Crippen molar-refractivity contribution in [2.45, 2.75) is 46.7 Å². The number of anilines is 2. The zero-order valence-electron chi connectivity index (χ0n) is 19.5. The summed E-state index contributed by atoms with van der Waals surface area (Å²) in [6, 6.07) is 11.1. The first-order chi connectivity index (χ1) is 15.0. The van der Waals surface area contributed by atoms with Gasteiger partial charge in [0.1, 0.15) is 0 Å². The molecule has 32 heavy (non-hydrogen) atoms. The molecule has 0 aromatic heterocycles. The highest BCUT2D eigenvalue weighted by molar-refractivity contribution is 9.10. The molecule has 0 fully saturated rings. The van der Waals surface area contributed by atoms with Crippen LogP contribution in [0.5, 0.6) is 11.5 Å². The van der Waals surface area contributed by atoms with Crippen LogP contribution in [0, 0.1) is 5.92 Å². The molecule has 0 aliphatic heterocycles. The molecule has 0 saturated heterocycles. The molecular weight excluding hydrogens is 474 g/mol. The molecule has 0 unspecified atom stereocenters. The maximum Gasteiger partial charge on any atom is 0.258 e. The van der Waals surface area contributed by atoms with Crippen LogP contribution in [0.25, 0.3) is 0 Å². The lowest BCUT2D eigenvalue weighted by atomic mass is 10.1. The van der Waals surface area contributed by atoms with Crippen LogP contribution in [-0.2, 0) is 16.1 Å². The third-order valence-corrected chi connectivity index (χ3v) is 5.14. The number of carbonyl (C=O) groups excluding carboxylic acids is 2. The molecule has 2 aromatic rings. The van der Waals surface area contributed by atoms with Crippen LogP contribution in [0.15, 0.2) is 40.9 Å². The van der Waals surface area contributed by atoms with E-state index in [9.17, 15) is 9.59 Å². The van der Waals surface area contributed by atoms with Crippen molar-refractivity contribution in [3.63, 3.8) is 0 Å². The number of hydrogen-bond donors (Lipinski definition) is 3. The van der Waals surface area contributed by atoms with Crippen molar-refractivity contribution in [1.82, 2.24) is 5.32 Å². The van der Waals surface area contributed by atoms with Gasteiger partial charge < -0.3 is 25.4 Å². The monoisotopic (exact) mass is 505 g/mol. The second-order valence-electron chi connectivity index (χ2n) is 8.72. The Morgan fingerprint density at radius 1 is 1.03 bits per heavy atom. The van der Waals surface area contributed by atoms with Gasteiger partial charge in [-0.3, -0.25) is 9.59 Å². The molecular formula is C24H32BrN3O4. The molecule has 2 rings (SSSR count). The highest BCUT2D eigenvalue weighted by Crippen LogP contribution is 2.37. The lowest BCUT2D eigenvalue weighted by Gasteiger charge is -2.22. The standard InChI is InChI=1S/C24H32BrN3O4/c1-15(2)23(30)27-17-9-7-16(8-10-17)26-13-18-19(25)11-12-20(31-6)22(18)32-14-21(29)28-24(3,4)5/h7-12,15,26H,13-14H2,1-6H3,(H,27,30)(H,28,29). The molecule has 2 aromatic carbocycles. The molecule has 0 aliphatic carbocycles. The number of carbonyl (C=O) groups is 2. The molecule has 0 radical (unpaired) electrons. The van der Waals surface area contributed by atoms with Gasteiger partial charge in [-0.1, -0.05) is 29.8 Å². The van der Waals surface area contributed by atoms with Crippen LogP contribution in [0.4, 0.5) is 11.4 Å². The summed E-state index contributed by atoms with van der Waals surface area (Å²) in [5.74, 6) is 0.724. The number of ether oxygens (including phenoxy) is 2. The largest absolute Gasteiger partial charge is 0.493 e. The normalized spacial score (nSPS) is 11.1. The van der Waals surface area contributed by atoms with Gasteiger partial charge in [-0.2, -0.15) is 0 Å². The molecule has 7 nitrogen and oxygen atoms in total.